The van der Waals surface area contributed by atoms with Crippen molar-refractivity contribution in [3.05, 3.63) is 59.5 Å². The van der Waals surface area contributed by atoms with Gasteiger partial charge in [-0.25, -0.2) is 0 Å². The van der Waals surface area contributed by atoms with E-state index in [1.54, 1.807) is 0 Å². The van der Waals surface area contributed by atoms with Gasteiger partial charge in [0.25, 0.3) is 0 Å². The lowest BCUT2D eigenvalue weighted by atomic mass is 10.1. The number of nitrogens with one attached hydrogen (secondary N) is 1. The summed E-state index contributed by atoms with van der Waals surface area (Å²) in [5, 5.41) is 1.20. The zero-order valence-corrected chi connectivity index (χ0v) is 14.4. The van der Waals surface area contributed by atoms with Crippen molar-refractivity contribution in [1.29, 1.82) is 0 Å². The van der Waals surface area contributed by atoms with Gasteiger partial charge in [-0.3, -0.25) is 9.88 Å². The molecule has 0 unspecified atom stereocenters. The molecule has 1 aliphatic heterocycles. The lowest BCUT2D eigenvalue weighted by molar-refractivity contribution is 0.247. The van der Waals surface area contributed by atoms with Gasteiger partial charge < -0.3 is 9.88 Å². The van der Waals surface area contributed by atoms with E-state index >= 15 is 0 Å². The van der Waals surface area contributed by atoms with Crippen LogP contribution in [0.1, 0.15) is 16.8 Å². The predicted octanol–water partition coefficient (Wildman–Crippen LogP) is 3.50. The number of para-hydroxylation sites is 1. The maximum absolute atomic E-state index is 4.19. The number of rotatable bonds is 3. The molecule has 3 aromatic rings. The molecule has 0 aliphatic carbocycles. The number of pyridine rings is 1. The van der Waals surface area contributed by atoms with Crippen molar-refractivity contribution >= 4 is 16.6 Å². The van der Waals surface area contributed by atoms with Gasteiger partial charge in [0.2, 0.25) is 0 Å². The van der Waals surface area contributed by atoms with Gasteiger partial charge in [0.05, 0.1) is 0 Å². The van der Waals surface area contributed by atoms with Crippen LogP contribution in [0.3, 0.4) is 0 Å². The van der Waals surface area contributed by atoms with Gasteiger partial charge in [-0.05, 0) is 37.1 Å². The van der Waals surface area contributed by atoms with Gasteiger partial charge in [0.1, 0.15) is 0 Å². The third-order valence-electron chi connectivity index (χ3n) is 5.00. The molecule has 1 fully saturated rings. The van der Waals surface area contributed by atoms with E-state index in [0.29, 0.717) is 0 Å². The number of nitrogens with zero attached hydrogens (tertiary/aromatic N) is 3. The average molecular weight is 320 g/mol. The number of hydrogen-bond acceptors (Lipinski definition) is 3. The summed E-state index contributed by atoms with van der Waals surface area (Å²) in [4.78, 5) is 12.8. The lowest BCUT2D eigenvalue weighted by Gasteiger charge is -2.37. The highest BCUT2D eigenvalue weighted by Gasteiger charge is 2.20. The van der Waals surface area contributed by atoms with E-state index in [9.17, 15) is 0 Å². The van der Waals surface area contributed by atoms with E-state index in [1.165, 1.54) is 33.4 Å². The van der Waals surface area contributed by atoms with Crippen molar-refractivity contribution in [3.8, 4) is 0 Å². The Bertz CT molecular complexity index is 790. The molecule has 0 atom stereocenters. The summed E-state index contributed by atoms with van der Waals surface area (Å²) in [6.45, 7) is 9.79. The number of aromatic nitrogens is 2. The molecule has 4 nitrogen and oxygen atoms in total. The van der Waals surface area contributed by atoms with Gasteiger partial charge >= 0.3 is 0 Å². The third kappa shape index (κ3) is 2.89. The Morgan fingerprint density at radius 2 is 1.79 bits per heavy atom. The minimum absolute atomic E-state index is 0.981. The third-order valence-corrected chi connectivity index (χ3v) is 5.00. The fraction of sp³-hybridized carbons (Fsp3) is 0.350. The molecule has 1 N–H and O–H groups in total. The molecule has 3 heterocycles. The number of aryl methyl sites for hydroxylation is 2. The summed E-state index contributed by atoms with van der Waals surface area (Å²) in [5.74, 6) is 0. The Balaban J connectivity index is 1.43. The van der Waals surface area contributed by atoms with Crippen molar-refractivity contribution in [2.24, 2.45) is 0 Å². The Hall–Kier alpha value is -2.33. The molecule has 0 radical (unpaired) electrons. The second kappa shape index (κ2) is 6.29. The number of H-pyrrole nitrogens is 1. The zero-order chi connectivity index (χ0) is 16.5. The highest BCUT2D eigenvalue weighted by molar-refractivity contribution is 5.79. The molecule has 0 amide bonds. The summed E-state index contributed by atoms with van der Waals surface area (Å²) < 4.78 is 0. The molecular weight excluding hydrogens is 296 g/mol. The molecule has 4 rings (SSSR count). The second-order valence-electron chi connectivity index (χ2n) is 6.76. The number of hydrogen-bond donors (Lipinski definition) is 1. The van der Waals surface area contributed by atoms with Crippen LogP contribution in [-0.4, -0.2) is 41.0 Å². The Morgan fingerprint density at radius 1 is 1.04 bits per heavy atom. The molecule has 0 bridgehead atoms. The summed E-state index contributed by atoms with van der Waals surface area (Å²) in [6, 6.07) is 10.8. The van der Waals surface area contributed by atoms with Crippen molar-refractivity contribution in [2.75, 3.05) is 31.1 Å². The first-order valence-corrected chi connectivity index (χ1v) is 8.66. The average Bonchev–Trinajstić information content (AvgIpc) is 2.98. The molecule has 124 valence electrons. The van der Waals surface area contributed by atoms with Crippen molar-refractivity contribution in [1.82, 2.24) is 14.9 Å². The fourth-order valence-electron chi connectivity index (χ4n) is 3.79. The first-order chi connectivity index (χ1) is 11.7. The minimum atomic E-state index is 0.981. The van der Waals surface area contributed by atoms with E-state index in [-0.39, 0.29) is 0 Å². The number of benzene rings is 1. The van der Waals surface area contributed by atoms with Gasteiger partial charge in [-0.2, -0.15) is 0 Å². The van der Waals surface area contributed by atoms with Crippen molar-refractivity contribution < 1.29 is 0 Å². The van der Waals surface area contributed by atoms with Crippen LogP contribution in [0, 0.1) is 13.8 Å². The van der Waals surface area contributed by atoms with Crippen LogP contribution in [0.5, 0.6) is 0 Å². The SMILES string of the molecule is Cc1cccc(C)c1N1CCN(Cc2cc3cnccc3[nH]2)CC1. The molecule has 1 saturated heterocycles. The van der Waals surface area contributed by atoms with Crippen LogP contribution < -0.4 is 4.90 Å². The van der Waals surface area contributed by atoms with Crippen LogP contribution in [0.4, 0.5) is 5.69 Å². The predicted molar refractivity (Wildman–Crippen MR) is 99.5 cm³/mol. The van der Waals surface area contributed by atoms with Crippen LogP contribution in [0.25, 0.3) is 10.9 Å². The van der Waals surface area contributed by atoms with E-state index in [0.717, 1.165) is 32.7 Å². The van der Waals surface area contributed by atoms with E-state index in [2.05, 4.69) is 57.9 Å². The number of aromatic amines is 1. The highest BCUT2D eigenvalue weighted by Crippen LogP contribution is 2.26. The van der Waals surface area contributed by atoms with Gasteiger partial charge in [0.15, 0.2) is 0 Å². The summed E-state index contributed by atoms with van der Waals surface area (Å²) in [5.41, 5.74) is 6.64. The fourth-order valence-corrected chi connectivity index (χ4v) is 3.79. The monoisotopic (exact) mass is 320 g/mol. The molecule has 1 aromatic carbocycles. The molecular formula is C20H24N4. The van der Waals surface area contributed by atoms with E-state index in [1.807, 2.05) is 18.5 Å². The molecule has 4 heteroatoms. The Labute approximate surface area is 143 Å². The molecule has 24 heavy (non-hydrogen) atoms. The number of fused-ring (bicyclic) bond motifs is 1. The smallest absolute Gasteiger partial charge is 0.0487 e. The maximum atomic E-state index is 4.19. The van der Waals surface area contributed by atoms with Crippen LogP contribution in [-0.2, 0) is 6.54 Å². The molecule has 2 aromatic heterocycles. The highest BCUT2D eigenvalue weighted by atomic mass is 15.3. The van der Waals surface area contributed by atoms with E-state index < -0.39 is 0 Å². The standard InChI is InChI=1S/C20H24N4/c1-15-4-3-5-16(2)20(15)24-10-8-23(9-11-24)14-18-12-17-13-21-7-6-19(17)22-18/h3-7,12-13,22H,8-11,14H2,1-2H3. The number of anilines is 1. The van der Waals surface area contributed by atoms with Crippen LogP contribution >= 0.6 is 0 Å². The van der Waals surface area contributed by atoms with Crippen LogP contribution in [0.2, 0.25) is 0 Å². The normalized spacial score (nSPS) is 16.0. The molecule has 1 aliphatic rings. The van der Waals surface area contributed by atoms with Crippen LogP contribution in [0.15, 0.2) is 42.7 Å². The lowest BCUT2D eigenvalue weighted by Crippen LogP contribution is -2.46. The minimum Gasteiger partial charge on any atom is -0.369 e. The van der Waals surface area contributed by atoms with E-state index in [4.69, 9.17) is 0 Å². The summed E-state index contributed by atoms with van der Waals surface area (Å²) >= 11 is 0. The Morgan fingerprint density at radius 3 is 2.50 bits per heavy atom. The zero-order valence-electron chi connectivity index (χ0n) is 14.4. The van der Waals surface area contributed by atoms with Crippen molar-refractivity contribution in [2.45, 2.75) is 20.4 Å². The first-order valence-electron chi connectivity index (χ1n) is 8.66. The number of piperazine rings is 1. The second-order valence-corrected chi connectivity index (χ2v) is 6.76. The Kier molecular flexibility index (Phi) is 3.98. The maximum Gasteiger partial charge on any atom is 0.0487 e. The summed E-state index contributed by atoms with van der Waals surface area (Å²) in [6.07, 6.45) is 3.76. The first kappa shape index (κ1) is 15.2. The summed E-state index contributed by atoms with van der Waals surface area (Å²) in [7, 11) is 0. The van der Waals surface area contributed by atoms with Gasteiger partial charge in [0, 0.05) is 67.4 Å². The van der Waals surface area contributed by atoms with Gasteiger partial charge in [-0.15, -0.1) is 0 Å². The van der Waals surface area contributed by atoms with Crippen molar-refractivity contribution in [3.63, 3.8) is 0 Å². The molecule has 0 spiro atoms. The van der Waals surface area contributed by atoms with Gasteiger partial charge in [-0.1, -0.05) is 18.2 Å². The largest absolute Gasteiger partial charge is 0.369 e. The quantitative estimate of drug-likeness (QED) is 0.802. The molecule has 0 saturated carbocycles. The topological polar surface area (TPSA) is 35.2 Å².